The number of H-pyrrole nitrogens is 2. The molecule has 0 spiro atoms. The van der Waals surface area contributed by atoms with Gasteiger partial charge in [0.1, 0.15) is 11.6 Å². The zero-order valence-corrected chi connectivity index (χ0v) is 19.0. The number of anilines is 2. The third-order valence-electron chi connectivity index (χ3n) is 5.38. The lowest BCUT2D eigenvalue weighted by atomic mass is 10.1. The Kier molecular flexibility index (Phi) is 6.29. The Morgan fingerprint density at radius 3 is 2.69 bits per heavy atom. The fourth-order valence-electron chi connectivity index (χ4n) is 3.71. The topological polar surface area (TPSA) is 119 Å². The van der Waals surface area contributed by atoms with Crippen LogP contribution in [-0.4, -0.2) is 42.8 Å². The van der Waals surface area contributed by atoms with Gasteiger partial charge in [-0.05, 0) is 36.2 Å². The number of halogens is 2. The largest absolute Gasteiger partial charge is 0.367 e. The second-order valence-electron chi connectivity index (χ2n) is 7.77. The average molecular weight is 496 g/mol. The Bertz CT molecular complexity index is 1370. The molecule has 1 aromatic carbocycles. The van der Waals surface area contributed by atoms with Crippen molar-refractivity contribution in [1.29, 1.82) is 0 Å². The lowest BCUT2D eigenvalue weighted by molar-refractivity contribution is 0.102. The lowest BCUT2D eigenvalue weighted by Crippen LogP contribution is -2.25. The molecule has 0 atom stereocenters. The van der Waals surface area contributed by atoms with Crippen molar-refractivity contribution in [3.05, 3.63) is 89.1 Å². The van der Waals surface area contributed by atoms with E-state index in [4.69, 9.17) is 0 Å². The van der Waals surface area contributed by atoms with Gasteiger partial charge >= 0.3 is 0 Å². The molecule has 4 aromatic rings. The number of rotatable bonds is 6. The molecule has 4 heterocycles. The van der Waals surface area contributed by atoms with Gasteiger partial charge in [-0.3, -0.25) is 19.7 Å². The van der Waals surface area contributed by atoms with Gasteiger partial charge in [0.05, 0.1) is 23.0 Å². The normalized spacial score (nSPS) is 13.3. The van der Waals surface area contributed by atoms with Crippen LogP contribution in [0.25, 0.3) is 0 Å². The van der Waals surface area contributed by atoms with Crippen LogP contribution in [0.5, 0.6) is 0 Å². The van der Waals surface area contributed by atoms with Crippen molar-refractivity contribution in [2.75, 3.05) is 17.2 Å². The van der Waals surface area contributed by atoms with Gasteiger partial charge < -0.3 is 15.6 Å². The molecule has 12 heteroatoms. The van der Waals surface area contributed by atoms with Crippen molar-refractivity contribution in [3.63, 3.8) is 0 Å². The molecule has 2 amide bonds. The first-order valence-corrected chi connectivity index (χ1v) is 11.4. The number of hydrogen-bond acceptors (Lipinski definition) is 6. The van der Waals surface area contributed by atoms with Crippen LogP contribution in [-0.2, 0) is 13.0 Å². The number of carbonyl (C=O) groups excluding carboxylic acids is 2. The highest BCUT2D eigenvalue weighted by Crippen LogP contribution is 2.32. The summed E-state index contributed by atoms with van der Waals surface area (Å²) in [5.41, 5.74) is 2.54. The Labute approximate surface area is 202 Å². The van der Waals surface area contributed by atoms with Crippen LogP contribution >= 0.6 is 11.9 Å². The fraction of sp³-hybridized carbons (Fsp3) is 0.130. The van der Waals surface area contributed by atoms with Crippen LogP contribution in [0.4, 0.5) is 20.3 Å². The number of fused-ring (bicyclic) bond motifs is 1. The van der Waals surface area contributed by atoms with Crippen LogP contribution in [0.1, 0.15) is 32.0 Å². The smallest absolute Gasteiger partial charge is 0.259 e. The summed E-state index contributed by atoms with van der Waals surface area (Å²) in [5.74, 6) is -1.79. The van der Waals surface area contributed by atoms with E-state index in [1.54, 1.807) is 18.5 Å². The van der Waals surface area contributed by atoms with E-state index >= 15 is 0 Å². The lowest BCUT2D eigenvalue weighted by Gasteiger charge is -2.25. The minimum absolute atomic E-state index is 0.220. The van der Waals surface area contributed by atoms with E-state index in [-0.39, 0.29) is 17.2 Å². The van der Waals surface area contributed by atoms with Crippen molar-refractivity contribution < 1.29 is 18.4 Å². The minimum Gasteiger partial charge on any atom is -0.367 e. The van der Waals surface area contributed by atoms with Gasteiger partial charge in [-0.25, -0.2) is 13.1 Å². The molecule has 35 heavy (non-hydrogen) atoms. The number of pyridine rings is 1. The predicted molar refractivity (Wildman–Crippen MR) is 126 cm³/mol. The van der Waals surface area contributed by atoms with Crippen LogP contribution in [0, 0.1) is 11.6 Å². The maximum Gasteiger partial charge on any atom is 0.259 e. The van der Waals surface area contributed by atoms with Gasteiger partial charge in [0, 0.05) is 60.3 Å². The average Bonchev–Trinajstić information content (AvgIpc) is 3.49. The molecule has 5 rings (SSSR count). The second kappa shape index (κ2) is 9.68. The predicted octanol–water partition coefficient (Wildman–Crippen LogP) is 3.98. The van der Waals surface area contributed by atoms with E-state index in [2.05, 4.69) is 30.8 Å². The van der Waals surface area contributed by atoms with Gasteiger partial charge in [0.25, 0.3) is 11.8 Å². The molecule has 9 nitrogen and oxygen atoms in total. The summed E-state index contributed by atoms with van der Waals surface area (Å²) in [6.07, 6.45) is 6.64. The summed E-state index contributed by atoms with van der Waals surface area (Å²) in [6, 6.07) is 6.49. The second-order valence-corrected chi connectivity index (χ2v) is 8.94. The number of amides is 2. The molecular weight excluding hydrogens is 476 g/mol. The highest BCUT2D eigenvalue weighted by Gasteiger charge is 2.25. The maximum absolute atomic E-state index is 13.6. The number of carbonyl (C=O) groups is 2. The van der Waals surface area contributed by atoms with Crippen LogP contribution in [0.2, 0.25) is 0 Å². The van der Waals surface area contributed by atoms with Crippen molar-refractivity contribution in [2.24, 2.45) is 0 Å². The third-order valence-corrected chi connectivity index (χ3v) is 6.39. The van der Waals surface area contributed by atoms with Crippen molar-refractivity contribution in [3.8, 4) is 0 Å². The zero-order valence-electron chi connectivity index (χ0n) is 18.1. The number of benzene rings is 1. The number of hydrogen-bond donors (Lipinski definition) is 4. The van der Waals surface area contributed by atoms with E-state index in [9.17, 15) is 18.4 Å². The zero-order chi connectivity index (χ0) is 24.4. The van der Waals surface area contributed by atoms with Crippen LogP contribution in [0.3, 0.4) is 0 Å². The summed E-state index contributed by atoms with van der Waals surface area (Å²) in [7, 11) is 0. The molecule has 1 aliphatic heterocycles. The van der Waals surface area contributed by atoms with Gasteiger partial charge in [0.15, 0.2) is 5.82 Å². The summed E-state index contributed by atoms with van der Waals surface area (Å²) >= 11 is 1.23. The summed E-state index contributed by atoms with van der Waals surface area (Å²) in [5, 5.41) is 12.7. The summed E-state index contributed by atoms with van der Waals surface area (Å²) in [4.78, 5) is 32.8. The van der Waals surface area contributed by atoms with Gasteiger partial charge in [-0.2, -0.15) is 5.10 Å². The summed E-state index contributed by atoms with van der Waals surface area (Å²) in [6.45, 7) is 1.03. The highest BCUT2D eigenvalue weighted by molar-refractivity contribution is 7.97. The number of nitrogens with one attached hydrogen (secondary N) is 4. The van der Waals surface area contributed by atoms with Crippen molar-refractivity contribution >= 4 is 35.3 Å². The van der Waals surface area contributed by atoms with Crippen molar-refractivity contribution in [2.45, 2.75) is 17.9 Å². The molecule has 0 fully saturated rings. The third kappa shape index (κ3) is 5.08. The van der Waals surface area contributed by atoms with Crippen LogP contribution in [0.15, 0.2) is 60.0 Å². The molecule has 1 aliphatic rings. The Hall–Kier alpha value is -4.03. The van der Waals surface area contributed by atoms with Crippen LogP contribution < -0.4 is 10.6 Å². The number of nitrogens with zero attached hydrogens (tertiary/aromatic N) is 3. The molecule has 0 aliphatic carbocycles. The molecule has 3 aromatic heterocycles. The van der Waals surface area contributed by atoms with E-state index in [1.807, 2.05) is 4.31 Å². The van der Waals surface area contributed by atoms with Gasteiger partial charge in [-0.1, -0.05) is 0 Å². The SMILES string of the molecule is O=C(Nc1cnccc1C(=O)Nc1n[nH]c2c1CN(Sc1cc(F)cc(F)c1)CC2)c1cc[nH]c1. The Balaban J connectivity index is 1.31. The fourth-order valence-corrected chi connectivity index (χ4v) is 4.71. The highest BCUT2D eigenvalue weighted by atomic mass is 32.2. The first-order chi connectivity index (χ1) is 17.0. The first-order valence-electron chi connectivity index (χ1n) is 10.6. The van der Waals surface area contributed by atoms with E-state index in [0.717, 1.165) is 17.3 Å². The summed E-state index contributed by atoms with van der Waals surface area (Å²) < 4.78 is 29.1. The maximum atomic E-state index is 13.6. The quantitative estimate of drug-likeness (QED) is 0.301. The van der Waals surface area contributed by atoms with E-state index < -0.39 is 17.5 Å². The molecule has 4 N–H and O–H groups in total. The molecule has 0 unspecified atom stereocenters. The van der Waals surface area contributed by atoms with Gasteiger partial charge in [-0.15, -0.1) is 0 Å². The van der Waals surface area contributed by atoms with E-state index in [0.29, 0.717) is 35.8 Å². The molecule has 0 saturated heterocycles. The molecule has 0 radical (unpaired) electrons. The van der Waals surface area contributed by atoms with Crippen molar-refractivity contribution in [1.82, 2.24) is 24.5 Å². The molecular formula is C23H19F2N7O2S. The Morgan fingerprint density at radius 1 is 1.09 bits per heavy atom. The standard InChI is InChI=1S/C23H19F2N7O2S/c24-14-7-15(25)9-16(8-14)35-32-6-3-19-18(12-32)21(31-30-19)29-23(34)17-2-5-27-11-20(17)28-22(33)13-1-4-26-10-13/h1-2,4-5,7-11,26H,3,6,12H2,(H,28,33)(H2,29,30,31,34). The molecule has 0 saturated carbocycles. The number of aromatic amines is 2. The Morgan fingerprint density at radius 2 is 1.91 bits per heavy atom. The molecule has 0 bridgehead atoms. The monoisotopic (exact) mass is 495 g/mol. The molecule has 178 valence electrons. The van der Waals surface area contributed by atoms with E-state index in [1.165, 1.54) is 42.5 Å². The first kappa shape index (κ1) is 22.7. The minimum atomic E-state index is -0.641. The number of aromatic nitrogens is 4. The van der Waals surface area contributed by atoms with Gasteiger partial charge in [0.2, 0.25) is 0 Å².